The first-order valence-electron chi connectivity index (χ1n) is 6.51. The number of carboxylic acid groups (broad SMARTS) is 1. The molecule has 110 valence electrons. The van der Waals surface area contributed by atoms with Crippen molar-refractivity contribution in [2.24, 2.45) is 0 Å². The zero-order valence-electron chi connectivity index (χ0n) is 11.8. The molecule has 2 aromatic heterocycles. The Labute approximate surface area is 126 Å². The first kappa shape index (κ1) is 15.2. The minimum absolute atomic E-state index is 0.0163. The molecule has 0 aromatic carbocycles. The number of nitrogens with one attached hydrogen (secondary N) is 1. The molecule has 5 nitrogen and oxygen atoms in total. The first-order chi connectivity index (χ1) is 9.97. The average Bonchev–Trinajstić information content (AvgIpc) is 2.90. The molecule has 2 rings (SSSR count). The number of aryl methyl sites for hydroxylation is 1. The molecule has 0 aliphatic carbocycles. The molecular formula is C15H16N2O3S. The first-order valence-corrected chi connectivity index (χ1v) is 7.39. The van der Waals surface area contributed by atoms with Crippen molar-refractivity contribution in [1.82, 2.24) is 10.3 Å². The summed E-state index contributed by atoms with van der Waals surface area (Å²) in [6, 6.07) is 6.83. The van der Waals surface area contributed by atoms with Crippen LogP contribution in [-0.2, 0) is 6.42 Å². The van der Waals surface area contributed by atoms with Crippen molar-refractivity contribution in [2.75, 3.05) is 0 Å². The zero-order chi connectivity index (χ0) is 15.4. The van der Waals surface area contributed by atoms with Gasteiger partial charge in [-0.1, -0.05) is 6.07 Å². The molecule has 2 N–H and O–H groups in total. The summed E-state index contributed by atoms with van der Waals surface area (Å²) in [6.07, 6.45) is 0.760. The van der Waals surface area contributed by atoms with Gasteiger partial charge in [-0.3, -0.25) is 4.79 Å². The summed E-state index contributed by atoms with van der Waals surface area (Å²) in [5.41, 5.74) is 0.676. The van der Waals surface area contributed by atoms with Crippen molar-refractivity contribution < 1.29 is 14.7 Å². The minimum atomic E-state index is -1.04. The fraction of sp³-hybridized carbons (Fsp3) is 0.267. The van der Waals surface area contributed by atoms with E-state index in [2.05, 4.69) is 10.3 Å². The number of amides is 1. The number of carboxylic acids is 1. The van der Waals surface area contributed by atoms with E-state index in [4.69, 9.17) is 5.11 Å². The summed E-state index contributed by atoms with van der Waals surface area (Å²) in [7, 11) is 0. The van der Waals surface area contributed by atoms with Crippen molar-refractivity contribution >= 4 is 23.2 Å². The maximum Gasteiger partial charge on any atom is 0.337 e. The monoisotopic (exact) mass is 304 g/mol. The number of aromatic carboxylic acids is 1. The number of rotatable bonds is 5. The lowest BCUT2D eigenvalue weighted by molar-refractivity contribution is 0.0694. The van der Waals surface area contributed by atoms with E-state index in [-0.39, 0.29) is 23.2 Å². The van der Waals surface area contributed by atoms with Gasteiger partial charge in [-0.05, 0) is 37.4 Å². The van der Waals surface area contributed by atoms with E-state index in [1.54, 1.807) is 18.3 Å². The Kier molecular flexibility index (Phi) is 4.70. The molecule has 0 spiro atoms. The van der Waals surface area contributed by atoms with Gasteiger partial charge in [0.15, 0.2) is 0 Å². The van der Waals surface area contributed by atoms with Crippen LogP contribution < -0.4 is 5.32 Å². The molecule has 21 heavy (non-hydrogen) atoms. The number of thiophene rings is 1. The molecule has 0 bridgehead atoms. The second-order valence-corrected chi connectivity index (χ2v) is 5.82. The van der Waals surface area contributed by atoms with Gasteiger partial charge in [0.25, 0.3) is 5.91 Å². The van der Waals surface area contributed by atoms with Gasteiger partial charge >= 0.3 is 5.97 Å². The summed E-state index contributed by atoms with van der Waals surface area (Å²) >= 11 is 1.65. The van der Waals surface area contributed by atoms with E-state index < -0.39 is 5.97 Å². The fourth-order valence-corrected chi connectivity index (χ4v) is 2.83. The van der Waals surface area contributed by atoms with Gasteiger partial charge in [-0.2, -0.15) is 0 Å². The van der Waals surface area contributed by atoms with Crippen LogP contribution in [-0.4, -0.2) is 28.0 Å². The SMILES string of the molecule is Cc1nc(C(=O)NC(C)Cc2cccs2)ccc1C(=O)O. The maximum atomic E-state index is 12.1. The molecular weight excluding hydrogens is 288 g/mol. The molecule has 1 atom stereocenters. The molecule has 0 saturated heterocycles. The van der Waals surface area contributed by atoms with Crippen molar-refractivity contribution in [3.05, 3.63) is 51.5 Å². The van der Waals surface area contributed by atoms with E-state index in [0.717, 1.165) is 6.42 Å². The van der Waals surface area contributed by atoms with Gasteiger partial charge in [0, 0.05) is 17.3 Å². The second kappa shape index (κ2) is 6.49. The number of carbonyl (C=O) groups excluding carboxylic acids is 1. The lowest BCUT2D eigenvalue weighted by Crippen LogP contribution is -2.34. The van der Waals surface area contributed by atoms with Crippen LogP contribution >= 0.6 is 11.3 Å². The molecule has 0 radical (unpaired) electrons. The smallest absolute Gasteiger partial charge is 0.337 e. The quantitative estimate of drug-likeness (QED) is 0.889. The molecule has 1 unspecified atom stereocenters. The van der Waals surface area contributed by atoms with Crippen molar-refractivity contribution in [2.45, 2.75) is 26.3 Å². The van der Waals surface area contributed by atoms with E-state index in [1.807, 2.05) is 24.4 Å². The van der Waals surface area contributed by atoms with Crippen LogP contribution in [0.3, 0.4) is 0 Å². The minimum Gasteiger partial charge on any atom is -0.478 e. The normalized spacial score (nSPS) is 11.9. The Morgan fingerprint density at radius 2 is 2.14 bits per heavy atom. The highest BCUT2D eigenvalue weighted by Gasteiger charge is 2.15. The Bertz CT molecular complexity index is 653. The lowest BCUT2D eigenvalue weighted by atomic mass is 10.1. The number of hydrogen-bond acceptors (Lipinski definition) is 4. The molecule has 0 aliphatic rings. The van der Waals surface area contributed by atoms with Crippen LogP contribution in [0.5, 0.6) is 0 Å². The number of nitrogens with zero attached hydrogens (tertiary/aromatic N) is 1. The summed E-state index contributed by atoms with van der Waals surface area (Å²) in [6.45, 7) is 3.51. The topological polar surface area (TPSA) is 79.3 Å². The van der Waals surface area contributed by atoms with Crippen molar-refractivity contribution in [3.8, 4) is 0 Å². The third-order valence-electron chi connectivity index (χ3n) is 3.01. The number of hydrogen-bond donors (Lipinski definition) is 2. The van der Waals surface area contributed by atoms with Crippen LogP contribution in [0.4, 0.5) is 0 Å². The summed E-state index contributed by atoms with van der Waals surface area (Å²) < 4.78 is 0. The third kappa shape index (κ3) is 3.88. The third-order valence-corrected chi connectivity index (χ3v) is 3.91. The Morgan fingerprint density at radius 1 is 1.38 bits per heavy atom. The molecule has 6 heteroatoms. The lowest BCUT2D eigenvalue weighted by Gasteiger charge is -2.13. The number of aromatic nitrogens is 1. The molecule has 0 saturated carbocycles. The summed E-state index contributed by atoms with van der Waals surface area (Å²) in [5.74, 6) is -1.34. The predicted molar refractivity (Wildman–Crippen MR) is 80.9 cm³/mol. The van der Waals surface area contributed by atoms with Gasteiger partial charge < -0.3 is 10.4 Å². The van der Waals surface area contributed by atoms with E-state index in [0.29, 0.717) is 5.69 Å². The van der Waals surface area contributed by atoms with Crippen molar-refractivity contribution in [3.63, 3.8) is 0 Å². The fourth-order valence-electron chi connectivity index (χ4n) is 1.99. The van der Waals surface area contributed by atoms with Crippen LogP contribution in [0.2, 0.25) is 0 Å². The zero-order valence-corrected chi connectivity index (χ0v) is 12.6. The average molecular weight is 304 g/mol. The van der Waals surface area contributed by atoms with Gasteiger partial charge in [0.2, 0.25) is 0 Å². The van der Waals surface area contributed by atoms with Crippen LogP contribution in [0.1, 0.15) is 38.3 Å². The molecule has 1 amide bonds. The van der Waals surface area contributed by atoms with Crippen LogP contribution in [0.25, 0.3) is 0 Å². The predicted octanol–water partition coefficient (Wildman–Crippen LogP) is 2.51. The highest BCUT2D eigenvalue weighted by molar-refractivity contribution is 7.09. The largest absolute Gasteiger partial charge is 0.478 e. The van der Waals surface area contributed by atoms with E-state index in [1.165, 1.54) is 17.0 Å². The Balaban J connectivity index is 2.03. The van der Waals surface area contributed by atoms with Gasteiger partial charge in [-0.25, -0.2) is 9.78 Å². The van der Waals surface area contributed by atoms with Crippen molar-refractivity contribution in [1.29, 1.82) is 0 Å². The van der Waals surface area contributed by atoms with Crippen LogP contribution in [0, 0.1) is 6.92 Å². The summed E-state index contributed by atoms with van der Waals surface area (Å²) in [4.78, 5) is 28.3. The van der Waals surface area contributed by atoms with Gasteiger partial charge in [0.1, 0.15) is 5.69 Å². The maximum absolute atomic E-state index is 12.1. The van der Waals surface area contributed by atoms with E-state index in [9.17, 15) is 9.59 Å². The Hall–Kier alpha value is -2.21. The highest BCUT2D eigenvalue weighted by Crippen LogP contribution is 2.12. The van der Waals surface area contributed by atoms with E-state index >= 15 is 0 Å². The Morgan fingerprint density at radius 3 is 2.71 bits per heavy atom. The standard InChI is InChI=1S/C15H16N2O3S/c1-9(8-11-4-3-7-21-11)16-14(18)13-6-5-12(15(19)20)10(2)17-13/h3-7,9H,8H2,1-2H3,(H,16,18)(H,19,20). The summed E-state index contributed by atoms with van der Waals surface area (Å²) in [5, 5.41) is 13.8. The van der Waals surface area contributed by atoms with Gasteiger partial charge in [-0.15, -0.1) is 11.3 Å². The number of carbonyl (C=O) groups is 2. The highest BCUT2D eigenvalue weighted by atomic mass is 32.1. The van der Waals surface area contributed by atoms with Crippen LogP contribution in [0.15, 0.2) is 29.6 Å². The number of pyridine rings is 1. The molecule has 0 fully saturated rings. The molecule has 2 aromatic rings. The molecule has 0 aliphatic heterocycles. The molecule has 2 heterocycles. The van der Waals surface area contributed by atoms with Gasteiger partial charge in [0.05, 0.1) is 11.3 Å². The second-order valence-electron chi connectivity index (χ2n) is 4.79.